The van der Waals surface area contributed by atoms with Crippen molar-refractivity contribution >= 4 is 7.14 Å². The molecule has 0 radical (unpaired) electrons. The van der Waals surface area contributed by atoms with Gasteiger partial charge in [0.1, 0.15) is 0 Å². The lowest BCUT2D eigenvalue weighted by atomic mass is 10.4. The van der Waals surface area contributed by atoms with Crippen LogP contribution < -0.4 is 0 Å². The minimum Gasteiger partial charge on any atom is -0.323 e. The van der Waals surface area contributed by atoms with Crippen LogP contribution in [0.5, 0.6) is 0 Å². The Balaban J connectivity index is 2.79. The Labute approximate surface area is 50.2 Å². The number of allylic oxidation sites excluding steroid dienone is 2. The molecular weight excluding hydrogens is 119 g/mol. The molecule has 0 unspecified atom stereocenters. The summed E-state index contributed by atoms with van der Waals surface area (Å²) in [5, 5.41) is 0. The molecule has 0 aromatic rings. The SMILES string of the molecule is C[C@H]1C=CC[P@@]1(C)=O. The molecule has 0 saturated heterocycles. The highest BCUT2D eigenvalue weighted by Gasteiger charge is 2.24. The second kappa shape index (κ2) is 1.73. The molecule has 0 fully saturated rings. The van der Waals surface area contributed by atoms with Crippen molar-refractivity contribution in [2.45, 2.75) is 12.6 Å². The molecule has 1 nitrogen and oxygen atoms in total. The van der Waals surface area contributed by atoms with Crippen molar-refractivity contribution < 1.29 is 4.57 Å². The second-order valence-corrected chi connectivity index (χ2v) is 6.05. The first-order valence-electron chi connectivity index (χ1n) is 2.86. The largest absolute Gasteiger partial charge is 0.323 e. The van der Waals surface area contributed by atoms with Crippen molar-refractivity contribution in [3.63, 3.8) is 0 Å². The third-order valence-corrected chi connectivity index (χ3v) is 4.58. The predicted molar refractivity (Wildman–Crippen MR) is 37.0 cm³/mol. The molecule has 0 aromatic heterocycles. The smallest absolute Gasteiger partial charge is 0.0946 e. The van der Waals surface area contributed by atoms with Crippen LogP contribution >= 0.6 is 7.14 Å². The number of hydrogen-bond donors (Lipinski definition) is 0. The summed E-state index contributed by atoms with van der Waals surface area (Å²) < 4.78 is 11.3. The van der Waals surface area contributed by atoms with E-state index in [1.54, 1.807) is 0 Å². The molecule has 46 valence electrons. The molecule has 0 aromatic carbocycles. The minimum atomic E-state index is -1.75. The monoisotopic (exact) mass is 130 g/mol. The molecule has 2 atom stereocenters. The quantitative estimate of drug-likeness (QED) is 0.361. The third kappa shape index (κ3) is 0.877. The Morgan fingerprint density at radius 1 is 1.75 bits per heavy atom. The lowest BCUT2D eigenvalue weighted by Crippen LogP contribution is -1.92. The van der Waals surface area contributed by atoms with Crippen molar-refractivity contribution in [1.29, 1.82) is 0 Å². The predicted octanol–water partition coefficient (Wildman–Crippen LogP) is 1.94. The summed E-state index contributed by atoms with van der Waals surface area (Å²) in [6, 6.07) is 0. The number of rotatable bonds is 0. The maximum absolute atomic E-state index is 11.3. The zero-order valence-electron chi connectivity index (χ0n) is 5.29. The van der Waals surface area contributed by atoms with E-state index in [-0.39, 0.29) is 0 Å². The van der Waals surface area contributed by atoms with Crippen molar-refractivity contribution in [1.82, 2.24) is 0 Å². The lowest BCUT2D eigenvalue weighted by molar-refractivity contribution is 0.579. The summed E-state index contributed by atoms with van der Waals surface area (Å²) >= 11 is 0. The molecule has 8 heavy (non-hydrogen) atoms. The van der Waals surface area contributed by atoms with Crippen molar-refractivity contribution in [2.75, 3.05) is 12.8 Å². The summed E-state index contributed by atoms with van der Waals surface area (Å²) in [4.78, 5) is 0. The molecule has 0 N–H and O–H groups in total. The molecule has 1 aliphatic heterocycles. The molecule has 1 heterocycles. The maximum atomic E-state index is 11.3. The standard InChI is InChI=1S/C6H11OP/c1-6-4-3-5-8(6,2)7/h3-4,6H,5H2,1-2H3/t6-,8+/m0/s1. The minimum absolute atomic E-state index is 0.336. The second-order valence-electron chi connectivity index (χ2n) is 2.53. The van der Waals surface area contributed by atoms with E-state index in [4.69, 9.17) is 0 Å². The van der Waals surface area contributed by atoms with Crippen LogP contribution in [0.25, 0.3) is 0 Å². The van der Waals surface area contributed by atoms with E-state index in [1.165, 1.54) is 0 Å². The Morgan fingerprint density at radius 3 is 2.50 bits per heavy atom. The van der Waals surface area contributed by atoms with Crippen LogP contribution in [-0.4, -0.2) is 18.5 Å². The van der Waals surface area contributed by atoms with E-state index in [2.05, 4.69) is 0 Å². The fourth-order valence-corrected chi connectivity index (χ4v) is 2.17. The molecule has 0 amide bonds. The molecule has 0 spiro atoms. The summed E-state index contributed by atoms with van der Waals surface area (Å²) in [6.07, 6.45) is 4.88. The highest BCUT2D eigenvalue weighted by molar-refractivity contribution is 7.64. The van der Waals surface area contributed by atoms with Gasteiger partial charge < -0.3 is 4.57 Å². The molecule has 1 aliphatic rings. The van der Waals surface area contributed by atoms with Gasteiger partial charge in [-0.2, -0.15) is 0 Å². The van der Waals surface area contributed by atoms with Gasteiger partial charge in [0, 0.05) is 11.8 Å². The maximum Gasteiger partial charge on any atom is 0.0946 e. The molecule has 2 heteroatoms. The van der Waals surface area contributed by atoms with Gasteiger partial charge in [-0.1, -0.05) is 19.1 Å². The van der Waals surface area contributed by atoms with Crippen LogP contribution in [0.1, 0.15) is 6.92 Å². The van der Waals surface area contributed by atoms with Crippen molar-refractivity contribution in [3.05, 3.63) is 12.2 Å². The van der Waals surface area contributed by atoms with Gasteiger partial charge in [0.25, 0.3) is 0 Å². The third-order valence-electron chi connectivity index (χ3n) is 1.74. The first-order chi connectivity index (χ1) is 3.63. The fraction of sp³-hybridized carbons (Fsp3) is 0.667. The van der Waals surface area contributed by atoms with Gasteiger partial charge in [-0.15, -0.1) is 0 Å². The normalized spacial score (nSPS) is 45.5. The number of hydrogen-bond acceptors (Lipinski definition) is 1. The summed E-state index contributed by atoms with van der Waals surface area (Å²) in [6.45, 7) is 3.89. The zero-order valence-corrected chi connectivity index (χ0v) is 6.19. The van der Waals surface area contributed by atoms with Crippen LogP contribution in [0.4, 0.5) is 0 Å². The van der Waals surface area contributed by atoms with Crippen LogP contribution in [-0.2, 0) is 4.57 Å². The molecule has 0 saturated carbocycles. The molecule has 1 rings (SSSR count). The Kier molecular flexibility index (Phi) is 1.32. The van der Waals surface area contributed by atoms with Gasteiger partial charge in [0.2, 0.25) is 0 Å². The van der Waals surface area contributed by atoms with E-state index < -0.39 is 7.14 Å². The summed E-state index contributed by atoms with van der Waals surface area (Å²) in [5.74, 6) is 0. The van der Waals surface area contributed by atoms with Crippen LogP contribution in [0.3, 0.4) is 0 Å². The van der Waals surface area contributed by atoms with E-state index in [0.717, 1.165) is 6.16 Å². The van der Waals surface area contributed by atoms with Crippen LogP contribution in [0, 0.1) is 0 Å². The van der Waals surface area contributed by atoms with Gasteiger partial charge in [0.05, 0.1) is 7.14 Å². The highest BCUT2D eigenvalue weighted by Crippen LogP contribution is 2.50. The Morgan fingerprint density at radius 2 is 2.38 bits per heavy atom. The van der Waals surface area contributed by atoms with Gasteiger partial charge >= 0.3 is 0 Å². The Hall–Kier alpha value is -0.0300. The van der Waals surface area contributed by atoms with E-state index in [1.807, 2.05) is 25.7 Å². The highest BCUT2D eigenvalue weighted by atomic mass is 31.2. The molecule has 0 aliphatic carbocycles. The molecular formula is C6H11OP. The average Bonchev–Trinajstić information content (AvgIpc) is 1.86. The van der Waals surface area contributed by atoms with Crippen molar-refractivity contribution in [3.8, 4) is 0 Å². The first kappa shape index (κ1) is 6.10. The molecule has 0 bridgehead atoms. The zero-order chi connectivity index (χ0) is 6.20. The first-order valence-corrected chi connectivity index (χ1v) is 5.26. The summed E-state index contributed by atoms with van der Waals surface area (Å²) in [7, 11) is -1.75. The van der Waals surface area contributed by atoms with Gasteiger partial charge in [-0.05, 0) is 6.66 Å². The average molecular weight is 130 g/mol. The van der Waals surface area contributed by atoms with E-state index >= 15 is 0 Å². The van der Waals surface area contributed by atoms with Gasteiger partial charge in [-0.25, -0.2) is 0 Å². The summed E-state index contributed by atoms with van der Waals surface area (Å²) in [5.41, 5.74) is 0.336. The fourth-order valence-electron chi connectivity index (χ4n) is 0.815. The van der Waals surface area contributed by atoms with Gasteiger partial charge in [0.15, 0.2) is 0 Å². The van der Waals surface area contributed by atoms with Crippen LogP contribution in [0.15, 0.2) is 12.2 Å². The van der Waals surface area contributed by atoms with Crippen molar-refractivity contribution in [2.24, 2.45) is 0 Å². The lowest BCUT2D eigenvalue weighted by Gasteiger charge is -2.07. The van der Waals surface area contributed by atoms with E-state index in [0.29, 0.717) is 5.66 Å². The van der Waals surface area contributed by atoms with Crippen LogP contribution in [0.2, 0.25) is 0 Å². The van der Waals surface area contributed by atoms with E-state index in [9.17, 15) is 4.57 Å². The van der Waals surface area contributed by atoms with Gasteiger partial charge in [-0.3, -0.25) is 0 Å². The topological polar surface area (TPSA) is 17.1 Å². The Bertz CT molecular complexity index is 160.